The number of fused-ring (bicyclic) bond motifs is 2. The fourth-order valence-corrected chi connectivity index (χ4v) is 6.18. The van der Waals surface area contributed by atoms with Crippen LogP contribution in [0.2, 0.25) is 0 Å². The van der Waals surface area contributed by atoms with Gasteiger partial charge in [-0.25, -0.2) is 19.1 Å². The maximum atomic E-state index is 12.7. The quantitative estimate of drug-likeness (QED) is 0.212. The average Bonchev–Trinajstić information content (AvgIpc) is 3.42. The Kier molecular flexibility index (Phi) is 7.49. The van der Waals surface area contributed by atoms with Gasteiger partial charge in [-0.05, 0) is 74.7 Å². The van der Waals surface area contributed by atoms with E-state index in [9.17, 15) is 9.59 Å². The zero-order valence-corrected chi connectivity index (χ0v) is 25.9. The van der Waals surface area contributed by atoms with E-state index in [-0.39, 0.29) is 24.1 Å². The Hall–Kier alpha value is -4.92. The van der Waals surface area contributed by atoms with Crippen LogP contribution in [0.4, 0.5) is 10.5 Å². The van der Waals surface area contributed by atoms with Gasteiger partial charge in [0, 0.05) is 54.4 Å². The van der Waals surface area contributed by atoms with Gasteiger partial charge in [0.15, 0.2) is 5.65 Å². The largest absolute Gasteiger partial charge is 0.465 e. The fourth-order valence-electron chi connectivity index (χ4n) is 6.18. The molecule has 1 aliphatic rings. The summed E-state index contributed by atoms with van der Waals surface area (Å²) in [5, 5.41) is 6.38. The smallest absolute Gasteiger partial charge is 0.410 e. The number of amides is 1. The third kappa shape index (κ3) is 5.45. The summed E-state index contributed by atoms with van der Waals surface area (Å²) >= 11 is 0. The Labute approximate surface area is 257 Å². The van der Waals surface area contributed by atoms with Crippen LogP contribution in [-0.4, -0.2) is 69.4 Å². The summed E-state index contributed by atoms with van der Waals surface area (Å²) in [5.41, 5.74) is 5.65. The van der Waals surface area contributed by atoms with E-state index < -0.39 is 5.60 Å². The lowest BCUT2D eigenvalue weighted by molar-refractivity contribution is 0.0192. The van der Waals surface area contributed by atoms with E-state index in [1.54, 1.807) is 15.5 Å². The maximum absolute atomic E-state index is 12.7. The number of rotatable bonds is 4. The first kappa shape index (κ1) is 29.2. The van der Waals surface area contributed by atoms with Crippen molar-refractivity contribution >= 4 is 34.2 Å². The van der Waals surface area contributed by atoms with Crippen molar-refractivity contribution in [2.75, 3.05) is 25.1 Å². The molecule has 226 valence electrons. The van der Waals surface area contributed by atoms with Gasteiger partial charge in [-0.3, -0.25) is 0 Å². The van der Waals surface area contributed by atoms with Crippen LogP contribution in [0.1, 0.15) is 45.0 Å². The number of aromatic nitrogens is 3. The molecule has 3 aromatic carbocycles. The van der Waals surface area contributed by atoms with Crippen molar-refractivity contribution < 1.29 is 19.1 Å². The number of anilines is 1. The maximum Gasteiger partial charge on any atom is 0.410 e. The summed E-state index contributed by atoms with van der Waals surface area (Å²) in [6, 6.07) is 20.2. The molecule has 5 aromatic rings. The lowest BCUT2D eigenvalue weighted by Crippen LogP contribution is -2.58. The number of nitrogens with zero attached hydrogens (tertiary/aromatic N) is 5. The van der Waals surface area contributed by atoms with Gasteiger partial charge in [0.1, 0.15) is 5.60 Å². The number of methoxy groups -OCH3 is 1. The van der Waals surface area contributed by atoms with Gasteiger partial charge < -0.3 is 19.3 Å². The number of esters is 1. The second kappa shape index (κ2) is 11.3. The highest BCUT2D eigenvalue weighted by atomic mass is 16.6. The van der Waals surface area contributed by atoms with Crippen LogP contribution < -0.4 is 4.90 Å². The normalized spacial score (nSPS) is 17.2. The van der Waals surface area contributed by atoms with Gasteiger partial charge in [-0.15, -0.1) is 0 Å². The number of ether oxygens (including phenoxy) is 2. The molecule has 1 amide bonds. The standard InChI is InChI=1S/C35H37N5O4/c1-22-19-38(34(42)44-35(3,4)5)20-23(2)40(22)26-15-13-24(14-16-26)25-17-36-32-31(18-37-39(32)21-25)29-11-7-10-28-27(29)9-8-12-30(28)33(41)43-6/h7-18,21-23H,19-20H2,1-6H3. The number of hydrogen-bond donors (Lipinski definition) is 0. The molecule has 3 heterocycles. The third-order valence-corrected chi connectivity index (χ3v) is 8.04. The lowest BCUT2D eigenvalue weighted by atomic mass is 9.97. The van der Waals surface area contributed by atoms with Crippen LogP contribution >= 0.6 is 0 Å². The second-order valence-corrected chi connectivity index (χ2v) is 12.4. The third-order valence-electron chi connectivity index (χ3n) is 8.04. The Morgan fingerprint density at radius 2 is 1.52 bits per heavy atom. The average molecular weight is 592 g/mol. The predicted molar refractivity (Wildman–Crippen MR) is 172 cm³/mol. The molecular weight excluding hydrogens is 554 g/mol. The molecule has 0 bridgehead atoms. The monoisotopic (exact) mass is 591 g/mol. The van der Waals surface area contributed by atoms with E-state index in [2.05, 4.69) is 48.1 Å². The summed E-state index contributed by atoms with van der Waals surface area (Å²) in [6.45, 7) is 11.2. The van der Waals surface area contributed by atoms with Crippen molar-refractivity contribution in [3.8, 4) is 22.3 Å². The zero-order valence-electron chi connectivity index (χ0n) is 25.9. The Balaban J connectivity index is 1.24. The molecule has 1 fully saturated rings. The topological polar surface area (TPSA) is 89.3 Å². The van der Waals surface area contributed by atoms with E-state index >= 15 is 0 Å². The molecule has 44 heavy (non-hydrogen) atoms. The van der Waals surface area contributed by atoms with E-state index in [4.69, 9.17) is 14.5 Å². The minimum Gasteiger partial charge on any atom is -0.465 e. The van der Waals surface area contributed by atoms with Crippen molar-refractivity contribution in [2.45, 2.75) is 52.3 Å². The summed E-state index contributed by atoms with van der Waals surface area (Å²) in [4.78, 5) is 34.0. The highest BCUT2D eigenvalue weighted by Gasteiger charge is 2.34. The Morgan fingerprint density at radius 1 is 0.841 bits per heavy atom. The minimum absolute atomic E-state index is 0.135. The van der Waals surface area contributed by atoms with Crippen molar-refractivity contribution in [3.63, 3.8) is 0 Å². The molecule has 6 rings (SSSR count). The van der Waals surface area contributed by atoms with Gasteiger partial charge >= 0.3 is 12.1 Å². The van der Waals surface area contributed by atoms with Gasteiger partial charge in [-0.2, -0.15) is 5.10 Å². The molecule has 2 unspecified atom stereocenters. The number of carbonyl (C=O) groups excluding carboxylic acids is 2. The SMILES string of the molecule is COC(=O)c1cccc2c(-c3cnn4cc(-c5ccc(N6C(C)CN(C(=O)OC(C)(C)C)CC6C)cc5)cnc34)cccc12. The van der Waals surface area contributed by atoms with Crippen molar-refractivity contribution in [2.24, 2.45) is 0 Å². The number of carbonyl (C=O) groups is 2. The van der Waals surface area contributed by atoms with Crippen molar-refractivity contribution in [1.29, 1.82) is 0 Å². The number of hydrogen-bond acceptors (Lipinski definition) is 7. The molecule has 0 radical (unpaired) electrons. The summed E-state index contributed by atoms with van der Waals surface area (Å²) < 4.78 is 12.4. The van der Waals surface area contributed by atoms with E-state index in [0.717, 1.165) is 44.4 Å². The van der Waals surface area contributed by atoms with Gasteiger partial charge in [0.05, 0.1) is 18.9 Å². The molecule has 1 aliphatic heterocycles. The van der Waals surface area contributed by atoms with Crippen LogP contribution in [0.3, 0.4) is 0 Å². The number of piperazine rings is 1. The fraction of sp³-hybridized carbons (Fsp3) is 0.314. The van der Waals surface area contributed by atoms with E-state index in [0.29, 0.717) is 18.7 Å². The van der Waals surface area contributed by atoms with E-state index in [1.165, 1.54) is 7.11 Å². The molecule has 9 nitrogen and oxygen atoms in total. The minimum atomic E-state index is -0.516. The van der Waals surface area contributed by atoms with Crippen LogP contribution in [-0.2, 0) is 9.47 Å². The Bertz CT molecular complexity index is 1850. The second-order valence-electron chi connectivity index (χ2n) is 12.4. The molecule has 0 aliphatic carbocycles. The lowest BCUT2D eigenvalue weighted by Gasteiger charge is -2.45. The van der Waals surface area contributed by atoms with Gasteiger partial charge in [-0.1, -0.05) is 42.5 Å². The Morgan fingerprint density at radius 3 is 2.20 bits per heavy atom. The van der Waals surface area contributed by atoms with Crippen LogP contribution in [0.15, 0.2) is 79.3 Å². The van der Waals surface area contributed by atoms with Crippen LogP contribution in [0.25, 0.3) is 38.7 Å². The summed E-state index contributed by atoms with van der Waals surface area (Å²) in [5.74, 6) is -0.367. The molecule has 1 saturated heterocycles. The number of benzene rings is 3. The summed E-state index contributed by atoms with van der Waals surface area (Å²) in [6.07, 6.45) is 5.40. The molecule has 0 spiro atoms. The summed E-state index contributed by atoms with van der Waals surface area (Å²) in [7, 11) is 1.39. The molecule has 2 aromatic heterocycles. The molecule has 0 saturated carbocycles. The van der Waals surface area contributed by atoms with Gasteiger partial charge in [0.2, 0.25) is 0 Å². The first-order chi connectivity index (χ1) is 21.0. The van der Waals surface area contributed by atoms with E-state index in [1.807, 2.05) is 69.7 Å². The van der Waals surface area contributed by atoms with Crippen molar-refractivity contribution in [3.05, 3.63) is 84.8 Å². The molecule has 9 heteroatoms. The van der Waals surface area contributed by atoms with Gasteiger partial charge in [0.25, 0.3) is 0 Å². The highest BCUT2D eigenvalue weighted by Crippen LogP contribution is 2.34. The highest BCUT2D eigenvalue weighted by molar-refractivity contribution is 6.09. The predicted octanol–water partition coefficient (Wildman–Crippen LogP) is 6.84. The molecule has 0 N–H and O–H groups in total. The molecule has 2 atom stereocenters. The zero-order chi connectivity index (χ0) is 31.2. The molecular formula is C35H37N5O4. The van der Waals surface area contributed by atoms with Crippen LogP contribution in [0, 0.1) is 0 Å². The van der Waals surface area contributed by atoms with Crippen molar-refractivity contribution in [1.82, 2.24) is 19.5 Å². The first-order valence-electron chi connectivity index (χ1n) is 14.8. The van der Waals surface area contributed by atoms with Crippen LogP contribution in [0.5, 0.6) is 0 Å². The first-order valence-corrected chi connectivity index (χ1v) is 14.8.